The van der Waals surface area contributed by atoms with Gasteiger partial charge in [-0.3, -0.25) is 9.69 Å². The first-order valence-electron chi connectivity index (χ1n) is 9.86. The number of anilines is 1. The van der Waals surface area contributed by atoms with E-state index in [0.29, 0.717) is 43.7 Å². The van der Waals surface area contributed by atoms with Gasteiger partial charge in [-0.05, 0) is 40.8 Å². The lowest BCUT2D eigenvalue weighted by Gasteiger charge is -2.22. The number of fused-ring (bicyclic) bond motifs is 1. The summed E-state index contributed by atoms with van der Waals surface area (Å²) >= 11 is 0. The van der Waals surface area contributed by atoms with E-state index in [1.807, 2.05) is 26.0 Å². The van der Waals surface area contributed by atoms with Gasteiger partial charge in [-0.2, -0.15) is 5.10 Å². The highest BCUT2D eigenvalue weighted by Gasteiger charge is 2.42. The predicted molar refractivity (Wildman–Crippen MR) is 112 cm³/mol. The number of nitrogens with two attached hydrogens (primary N) is 1. The number of phenolic OH excluding ortho intramolecular Hbond substituents is 2. The zero-order valence-electron chi connectivity index (χ0n) is 17.0. The van der Waals surface area contributed by atoms with E-state index in [2.05, 4.69) is 5.10 Å². The summed E-state index contributed by atoms with van der Waals surface area (Å²) in [5, 5.41) is 24.3. The minimum Gasteiger partial charge on any atom is -0.508 e. The van der Waals surface area contributed by atoms with Crippen molar-refractivity contribution in [3.8, 4) is 11.5 Å². The van der Waals surface area contributed by atoms with Crippen LogP contribution in [0, 0.1) is 0 Å². The molecule has 1 amide bonds. The van der Waals surface area contributed by atoms with Gasteiger partial charge < -0.3 is 25.5 Å². The van der Waals surface area contributed by atoms with Crippen molar-refractivity contribution in [2.45, 2.75) is 38.4 Å². The van der Waals surface area contributed by atoms with E-state index in [0.717, 1.165) is 11.1 Å². The lowest BCUT2D eigenvalue weighted by Crippen LogP contribution is -2.32. The number of ether oxygens (including phenoxy) is 2. The highest BCUT2D eigenvalue weighted by Crippen LogP contribution is 2.39. The first-order valence-corrected chi connectivity index (χ1v) is 9.86. The van der Waals surface area contributed by atoms with E-state index in [4.69, 9.17) is 15.3 Å². The van der Waals surface area contributed by atoms with Crippen molar-refractivity contribution in [3.05, 3.63) is 52.6 Å². The molecule has 2 aromatic rings. The van der Waals surface area contributed by atoms with E-state index in [-0.39, 0.29) is 28.8 Å². The standard InChI is InChI=1S/C22H25N3O5/c1-13(2)17-8-18(20(28)9-19(17)27)21(24-23)25(12-26)16-4-3-14-10-22(11-15(14)7-16)29-5-6-30-22/h3-4,7-9,12-13,27-28H,5-6,10-11,23H2,1-2H3/b24-21-. The van der Waals surface area contributed by atoms with Crippen LogP contribution in [0.3, 0.4) is 0 Å². The fourth-order valence-electron chi connectivity index (χ4n) is 4.17. The van der Waals surface area contributed by atoms with Crippen LogP contribution in [0.2, 0.25) is 0 Å². The maximum Gasteiger partial charge on any atom is 0.219 e. The molecule has 0 atom stereocenters. The third-order valence-electron chi connectivity index (χ3n) is 5.66. The molecule has 8 heteroatoms. The lowest BCUT2D eigenvalue weighted by molar-refractivity contribution is -0.147. The molecule has 30 heavy (non-hydrogen) atoms. The monoisotopic (exact) mass is 411 g/mol. The average molecular weight is 411 g/mol. The molecule has 0 saturated carbocycles. The van der Waals surface area contributed by atoms with Crippen LogP contribution in [0.15, 0.2) is 35.4 Å². The molecular formula is C22H25N3O5. The Bertz CT molecular complexity index is 1010. The number of rotatable bonds is 4. The predicted octanol–water partition coefficient (Wildman–Crippen LogP) is 2.35. The van der Waals surface area contributed by atoms with E-state index >= 15 is 0 Å². The highest BCUT2D eigenvalue weighted by atomic mass is 16.7. The number of carbonyl (C=O) groups excluding carboxylic acids is 1. The molecule has 0 unspecified atom stereocenters. The number of aromatic hydroxyl groups is 2. The van der Waals surface area contributed by atoms with Gasteiger partial charge in [-0.25, -0.2) is 0 Å². The first-order chi connectivity index (χ1) is 14.4. The zero-order chi connectivity index (χ0) is 21.5. The van der Waals surface area contributed by atoms with Crippen LogP contribution in [0.1, 0.15) is 42.0 Å². The Hall–Kier alpha value is -3.10. The molecule has 8 nitrogen and oxygen atoms in total. The minimum absolute atomic E-state index is 0.00403. The number of carbonyl (C=O) groups is 1. The number of amidine groups is 1. The van der Waals surface area contributed by atoms with Gasteiger partial charge in [0.05, 0.1) is 24.5 Å². The maximum absolute atomic E-state index is 12.0. The van der Waals surface area contributed by atoms with Gasteiger partial charge in [-0.1, -0.05) is 19.9 Å². The van der Waals surface area contributed by atoms with Crippen LogP contribution < -0.4 is 10.7 Å². The quantitative estimate of drug-likeness (QED) is 0.234. The van der Waals surface area contributed by atoms with Gasteiger partial charge in [-0.15, -0.1) is 0 Å². The molecule has 1 fully saturated rings. The van der Waals surface area contributed by atoms with Gasteiger partial charge in [0.2, 0.25) is 6.41 Å². The molecule has 0 bridgehead atoms. The molecule has 4 N–H and O–H groups in total. The van der Waals surface area contributed by atoms with Gasteiger partial charge in [0, 0.05) is 18.9 Å². The van der Waals surface area contributed by atoms with Crippen LogP contribution in [-0.2, 0) is 27.1 Å². The molecule has 2 aromatic carbocycles. The number of hydrogen-bond acceptors (Lipinski definition) is 7. The third-order valence-corrected chi connectivity index (χ3v) is 5.66. The lowest BCUT2D eigenvalue weighted by atomic mass is 9.98. The van der Waals surface area contributed by atoms with Crippen LogP contribution in [0.25, 0.3) is 0 Å². The number of amides is 1. The summed E-state index contributed by atoms with van der Waals surface area (Å²) in [6.07, 6.45) is 1.86. The molecule has 0 aromatic heterocycles. The summed E-state index contributed by atoms with van der Waals surface area (Å²) in [6.45, 7) is 4.97. The molecule has 1 aliphatic carbocycles. The Kier molecular flexibility index (Phi) is 5.13. The minimum atomic E-state index is -0.612. The van der Waals surface area contributed by atoms with Crippen LogP contribution in [0.5, 0.6) is 11.5 Å². The fourth-order valence-corrected chi connectivity index (χ4v) is 4.17. The Balaban J connectivity index is 1.71. The number of hydrazone groups is 1. The van der Waals surface area contributed by atoms with Crippen molar-refractivity contribution in [3.63, 3.8) is 0 Å². The molecular weight excluding hydrogens is 386 g/mol. The van der Waals surface area contributed by atoms with Crippen molar-refractivity contribution in [2.24, 2.45) is 10.9 Å². The molecule has 0 radical (unpaired) electrons. The molecule has 4 rings (SSSR count). The second-order valence-corrected chi connectivity index (χ2v) is 7.93. The summed E-state index contributed by atoms with van der Waals surface area (Å²) in [6, 6.07) is 8.45. The van der Waals surface area contributed by atoms with Gasteiger partial charge >= 0.3 is 0 Å². The number of nitrogens with zero attached hydrogens (tertiary/aromatic N) is 2. The Morgan fingerprint density at radius 3 is 2.47 bits per heavy atom. The Labute approximate surface area is 174 Å². The van der Waals surface area contributed by atoms with Gasteiger partial charge in [0.1, 0.15) is 11.5 Å². The van der Waals surface area contributed by atoms with Gasteiger partial charge in [0.25, 0.3) is 0 Å². The third kappa shape index (κ3) is 3.38. The van der Waals surface area contributed by atoms with E-state index in [1.54, 1.807) is 12.1 Å². The van der Waals surface area contributed by atoms with Crippen molar-refractivity contribution in [1.82, 2.24) is 0 Å². The summed E-state index contributed by atoms with van der Waals surface area (Å²) < 4.78 is 11.6. The summed E-state index contributed by atoms with van der Waals surface area (Å²) in [5.74, 6) is 4.84. The number of hydrogen-bond donors (Lipinski definition) is 3. The molecule has 2 aliphatic rings. The van der Waals surface area contributed by atoms with E-state index in [1.165, 1.54) is 11.0 Å². The summed E-state index contributed by atoms with van der Waals surface area (Å²) in [7, 11) is 0. The summed E-state index contributed by atoms with van der Waals surface area (Å²) in [4.78, 5) is 13.3. The SMILES string of the molecule is CC(C)c1cc(/C(=N/N)N(C=O)c2ccc3c(c2)CC2(C3)OCCO2)c(O)cc1O. The van der Waals surface area contributed by atoms with Crippen molar-refractivity contribution in [1.29, 1.82) is 0 Å². The second-order valence-electron chi connectivity index (χ2n) is 7.93. The van der Waals surface area contributed by atoms with Gasteiger partial charge in [0.15, 0.2) is 11.6 Å². The van der Waals surface area contributed by atoms with E-state index < -0.39 is 5.79 Å². The summed E-state index contributed by atoms with van der Waals surface area (Å²) in [5.41, 5.74) is 3.55. The normalized spacial score (nSPS) is 17.5. The maximum atomic E-state index is 12.0. The van der Waals surface area contributed by atoms with E-state index in [9.17, 15) is 15.0 Å². The Morgan fingerprint density at radius 2 is 1.83 bits per heavy atom. The molecule has 1 spiro atoms. The number of benzene rings is 2. The van der Waals surface area contributed by atoms with Crippen LogP contribution in [-0.4, -0.2) is 41.5 Å². The second kappa shape index (κ2) is 7.62. The molecule has 1 saturated heterocycles. The van der Waals surface area contributed by atoms with Crippen molar-refractivity contribution in [2.75, 3.05) is 18.1 Å². The Morgan fingerprint density at radius 1 is 1.13 bits per heavy atom. The molecule has 1 heterocycles. The smallest absolute Gasteiger partial charge is 0.219 e. The zero-order valence-corrected chi connectivity index (χ0v) is 17.0. The highest BCUT2D eigenvalue weighted by molar-refractivity contribution is 6.19. The topological polar surface area (TPSA) is 118 Å². The van der Waals surface area contributed by atoms with Crippen LogP contribution in [0.4, 0.5) is 5.69 Å². The number of phenols is 2. The first kappa shape index (κ1) is 20.2. The van der Waals surface area contributed by atoms with Crippen molar-refractivity contribution >= 4 is 17.9 Å². The van der Waals surface area contributed by atoms with Crippen LogP contribution >= 0.6 is 0 Å². The largest absolute Gasteiger partial charge is 0.508 e. The molecule has 158 valence electrons. The average Bonchev–Trinajstić information content (AvgIpc) is 3.31. The van der Waals surface area contributed by atoms with Crippen molar-refractivity contribution < 1.29 is 24.5 Å². The fraction of sp³-hybridized carbons (Fsp3) is 0.364. The molecule has 1 aliphatic heterocycles.